The monoisotopic (exact) mass is 312 g/mol. The topological polar surface area (TPSA) is 41.5 Å². The van der Waals surface area contributed by atoms with E-state index in [1.807, 2.05) is 49.4 Å². The number of hydrogen-bond donors (Lipinski definition) is 1. The van der Waals surface area contributed by atoms with Gasteiger partial charge in [0.25, 0.3) is 0 Å². The van der Waals surface area contributed by atoms with Crippen molar-refractivity contribution in [2.45, 2.75) is 19.3 Å². The fourth-order valence-electron chi connectivity index (χ4n) is 2.59. The molecule has 0 aliphatic heterocycles. The fraction of sp³-hybridized carbons (Fsp3) is 0.222. The standard InChI is InChI=1S/C18H17ClN2O/c1-12(14-9-5-6-10-17(14)19)20-21-18(22)16-11-15(16)13-7-3-2-4-8-13/h2-10,15-16H,11H2,1H3,(H,21,22)/b20-12+/t15-,16-/m0/s1. The van der Waals surface area contributed by atoms with Crippen molar-refractivity contribution in [2.24, 2.45) is 11.0 Å². The number of carbonyl (C=O) groups is 1. The maximum absolute atomic E-state index is 12.2. The first-order chi connectivity index (χ1) is 10.7. The number of halogens is 1. The van der Waals surface area contributed by atoms with Crippen LogP contribution < -0.4 is 5.43 Å². The van der Waals surface area contributed by atoms with Crippen molar-refractivity contribution >= 4 is 23.2 Å². The number of benzene rings is 2. The highest BCUT2D eigenvalue weighted by atomic mass is 35.5. The molecule has 1 aliphatic carbocycles. The third-order valence-corrected chi connectivity index (χ3v) is 4.28. The summed E-state index contributed by atoms with van der Waals surface area (Å²) in [6, 6.07) is 17.6. The molecule has 2 aromatic carbocycles. The summed E-state index contributed by atoms with van der Waals surface area (Å²) in [7, 11) is 0. The lowest BCUT2D eigenvalue weighted by molar-refractivity contribution is -0.122. The second-order valence-electron chi connectivity index (χ2n) is 5.51. The number of hydrazone groups is 1. The molecule has 1 amide bonds. The van der Waals surface area contributed by atoms with Gasteiger partial charge in [-0.15, -0.1) is 0 Å². The molecular formula is C18H17ClN2O. The van der Waals surface area contributed by atoms with E-state index in [0.717, 1.165) is 12.0 Å². The molecule has 4 heteroatoms. The molecule has 1 saturated carbocycles. The Morgan fingerprint density at radius 1 is 1.14 bits per heavy atom. The minimum atomic E-state index is -0.0275. The quantitative estimate of drug-likeness (QED) is 0.673. The van der Waals surface area contributed by atoms with Gasteiger partial charge in [0, 0.05) is 16.5 Å². The maximum atomic E-state index is 12.2. The summed E-state index contributed by atoms with van der Waals surface area (Å²) < 4.78 is 0. The normalized spacial score (nSPS) is 20.5. The molecule has 1 N–H and O–H groups in total. The zero-order chi connectivity index (χ0) is 15.5. The summed E-state index contributed by atoms with van der Waals surface area (Å²) in [5, 5.41) is 4.81. The van der Waals surface area contributed by atoms with Crippen LogP contribution in [0.25, 0.3) is 0 Å². The molecule has 0 aromatic heterocycles. The van der Waals surface area contributed by atoms with E-state index in [0.29, 0.717) is 16.7 Å². The van der Waals surface area contributed by atoms with Gasteiger partial charge in [-0.05, 0) is 30.9 Å². The first-order valence-electron chi connectivity index (χ1n) is 7.31. The molecule has 0 radical (unpaired) electrons. The fourth-order valence-corrected chi connectivity index (χ4v) is 2.86. The predicted molar refractivity (Wildman–Crippen MR) is 89.1 cm³/mol. The van der Waals surface area contributed by atoms with Crippen molar-refractivity contribution in [1.29, 1.82) is 0 Å². The number of nitrogens with one attached hydrogen (secondary N) is 1. The number of carbonyl (C=O) groups excluding carboxylic acids is 1. The zero-order valence-corrected chi connectivity index (χ0v) is 13.0. The van der Waals surface area contributed by atoms with Crippen LogP contribution in [-0.4, -0.2) is 11.6 Å². The van der Waals surface area contributed by atoms with Gasteiger partial charge >= 0.3 is 0 Å². The lowest BCUT2D eigenvalue weighted by atomic mass is 10.1. The van der Waals surface area contributed by atoms with Gasteiger partial charge in [0.15, 0.2) is 0 Å². The third kappa shape index (κ3) is 3.20. The molecule has 3 rings (SSSR count). The van der Waals surface area contributed by atoms with Crippen LogP contribution in [0.5, 0.6) is 0 Å². The highest BCUT2D eigenvalue weighted by molar-refractivity contribution is 6.34. The summed E-state index contributed by atoms with van der Waals surface area (Å²) in [6.07, 6.45) is 0.885. The third-order valence-electron chi connectivity index (χ3n) is 3.95. The number of amides is 1. The van der Waals surface area contributed by atoms with E-state index in [1.165, 1.54) is 5.56 Å². The minimum absolute atomic E-state index is 0.0187. The van der Waals surface area contributed by atoms with Crippen LogP contribution in [0, 0.1) is 5.92 Å². The van der Waals surface area contributed by atoms with E-state index in [-0.39, 0.29) is 11.8 Å². The summed E-state index contributed by atoms with van der Waals surface area (Å²) in [6.45, 7) is 1.84. The molecule has 0 spiro atoms. The summed E-state index contributed by atoms with van der Waals surface area (Å²) in [5.74, 6) is 0.308. The summed E-state index contributed by atoms with van der Waals surface area (Å²) in [5.41, 5.74) is 5.42. The van der Waals surface area contributed by atoms with Crippen molar-refractivity contribution in [1.82, 2.24) is 5.43 Å². The van der Waals surface area contributed by atoms with E-state index in [1.54, 1.807) is 0 Å². The molecule has 1 fully saturated rings. The van der Waals surface area contributed by atoms with Gasteiger partial charge in [-0.2, -0.15) is 5.10 Å². The Balaban J connectivity index is 1.62. The van der Waals surface area contributed by atoms with Crippen molar-refractivity contribution in [3.05, 3.63) is 70.7 Å². The average molecular weight is 313 g/mol. The molecule has 0 unspecified atom stereocenters. The van der Waals surface area contributed by atoms with Gasteiger partial charge in [0.05, 0.1) is 5.71 Å². The summed E-state index contributed by atoms with van der Waals surface area (Å²) >= 11 is 6.12. The molecule has 2 atom stereocenters. The van der Waals surface area contributed by atoms with Crippen molar-refractivity contribution in [3.63, 3.8) is 0 Å². The van der Waals surface area contributed by atoms with E-state index in [4.69, 9.17) is 11.6 Å². The van der Waals surface area contributed by atoms with E-state index < -0.39 is 0 Å². The Kier molecular flexibility index (Phi) is 4.25. The molecule has 0 bridgehead atoms. The Bertz CT molecular complexity index is 712. The van der Waals surface area contributed by atoms with Crippen LogP contribution in [0.15, 0.2) is 59.7 Å². The van der Waals surface area contributed by atoms with Gasteiger partial charge in [0.1, 0.15) is 0 Å². The Morgan fingerprint density at radius 3 is 2.55 bits per heavy atom. The van der Waals surface area contributed by atoms with Gasteiger partial charge in [-0.1, -0.05) is 60.1 Å². The van der Waals surface area contributed by atoms with E-state index in [2.05, 4.69) is 22.7 Å². The Hall–Kier alpha value is -2.13. The second-order valence-corrected chi connectivity index (χ2v) is 5.92. The molecule has 2 aromatic rings. The summed E-state index contributed by atoms with van der Waals surface area (Å²) in [4.78, 5) is 12.2. The van der Waals surface area contributed by atoms with Crippen molar-refractivity contribution in [3.8, 4) is 0 Å². The van der Waals surface area contributed by atoms with Crippen LogP contribution in [0.2, 0.25) is 5.02 Å². The van der Waals surface area contributed by atoms with Gasteiger partial charge in [0.2, 0.25) is 5.91 Å². The predicted octanol–water partition coefficient (Wildman–Crippen LogP) is 3.98. The van der Waals surface area contributed by atoms with E-state index in [9.17, 15) is 4.79 Å². The zero-order valence-electron chi connectivity index (χ0n) is 12.3. The molecule has 112 valence electrons. The van der Waals surface area contributed by atoms with Gasteiger partial charge < -0.3 is 0 Å². The smallest absolute Gasteiger partial charge is 0.243 e. The first-order valence-corrected chi connectivity index (χ1v) is 7.68. The first kappa shape index (κ1) is 14.8. The molecule has 3 nitrogen and oxygen atoms in total. The lowest BCUT2D eigenvalue weighted by Crippen LogP contribution is -2.21. The number of nitrogens with zero attached hydrogens (tertiary/aromatic N) is 1. The molecule has 22 heavy (non-hydrogen) atoms. The van der Waals surface area contributed by atoms with Crippen LogP contribution in [0.3, 0.4) is 0 Å². The van der Waals surface area contributed by atoms with Crippen LogP contribution >= 0.6 is 11.6 Å². The largest absolute Gasteiger partial charge is 0.273 e. The maximum Gasteiger partial charge on any atom is 0.243 e. The highest BCUT2D eigenvalue weighted by Crippen LogP contribution is 2.47. The molecule has 0 saturated heterocycles. The molecule has 1 aliphatic rings. The van der Waals surface area contributed by atoms with Crippen molar-refractivity contribution in [2.75, 3.05) is 0 Å². The SMILES string of the molecule is C/C(=N\NC(=O)[C@H]1C[C@H]1c1ccccc1)c1ccccc1Cl. The van der Waals surface area contributed by atoms with Crippen LogP contribution in [0.4, 0.5) is 0 Å². The van der Waals surface area contributed by atoms with Gasteiger partial charge in [-0.3, -0.25) is 4.79 Å². The highest BCUT2D eigenvalue weighted by Gasteiger charge is 2.43. The second kappa shape index (κ2) is 6.32. The molecular weight excluding hydrogens is 296 g/mol. The minimum Gasteiger partial charge on any atom is -0.273 e. The average Bonchev–Trinajstić information content (AvgIpc) is 3.34. The molecule has 0 heterocycles. The number of hydrogen-bond acceptors (Lipinski definition) is 2. The lowest BCUT2D eigenvalue weighted by Gasteiger charge is -2.04. The Labute approximate surface area is 135 Å². The van der Waals surface area contributed by atoms with Crippen LogP contribution in [0.1, 0.15) is 30.4 Å². The Morgan fingerprint density at radius 2 is 1.82 bits per heavy atom. The number of rotatable bonds is 4. The van der Waals surface area contributed by atoms with Gasteiger partial charge in [-0.25, -0.2) is 5.43 Å². The van der Waals surface area contributed by atoms with Crippen LogP contribution in [-0.2, 0) is 4.79 Å². The van der Waals surface area contributed by atoms with Crippen molar-refractivity contribution < 1.29 is 4.79 Å². The van der Waals surface area contributed by atoms with E-state index >= 15 is 0 Å².